The number of aromatic nitrogens is 1. The van der Waals surface area contributed by atoms with Crippen LogP contribution in [0, 0.1) is 16.7 Å². The molecule has 1 saturated carbocycles. The Morgan fingerprint density at radius 3 is 2.62 bits per heavy atom. The van der Waals surface area contributed by atoms with Crippen LogP contribution in [0.2, 0.25) is 0 Å². The summed E-state index contributed by atoms with van der Waals surface area (Å²) in [6.07, 6.45) is 6.82. The van der Waals surface area contributed by atoms with E-state index in [0.717, 1.165) is 24.8 Å². The van der Waals surface area contributed by atoms with Gasteiger partial charge in [0.25, 0.3) is 0 Å². The lowest BCUT2D eigenvalue weighted by Gasteiger charge is -2.45. The van der Waals surface area contributed by atoms with Gasteiger partial charge in [0, 0.05) is 12.4 Å². The molecule has 0 aromatic carbocycles. The maximum absolute atomic E-state index is 9.42. The molecule has 0 bridgehead atoms. The van der Waals surface area contributed by atoms with Gasteiger partial charge in [-0.2, -0.15) is 5.26 Å². The fourth-order valence-electron chi connectivity index (χ4n) is 2.65. The van der Waals surface area contributed by atoms with Crippen molar-refractivity contribution in [2.75, 3.05) is 14.1 Å². The van der Waals surface area contributed by atoms with Crippen LogP contribution in [0.25, 0.3) is 0 Å². The maximum atomic E-state index is 9.42. The van der Waals surface area contributed by atoms with E-state index in [1.54, 1.807) is 6.20 Å². The second-order valence-electron chi connectivity index (χ2n) is 4.77. The van der Waals surface area contributed by atoms with Crippen molar-refractivity contribution in [3.8, 4) is 6.07 Å². The van der Waals surface area contributed by atoms with E-state index in [2.05, 4.69) is 22.0 Å². The van der Waals surface area contributed by atoms with Crippen LogP contribution >= 0.6 is 0 Å². The highest BCUT2D eigenvalue weighted by molar-refractivity contribution is 5.24. The first-order valence-corrected chi connectivity index (χ1v) is 5.67. The zero-order chi connectivity index (χ0) is 11.6. The molecule has 3 nitrogen and oxygen atoms in total. The van der Waals surface area contributed by atoms with Crippen LogP contribution in [-0.4, -0.2) is 24.0 Å². The molecule has 1 unspecified atom stereocenters. The second kappa shape index (κ2) is 4.23. The SMILES string of the molecule is CN(C)C(c1cccnc1)C1(C#N)CCC1. The van der Waals surface area contributed by atoms with Crippen LogP contribution in [0.3, 0.4) is 0 Å². The average Bonchev–Trinajstić information content (AvgIpc) is 2.24. The van der Waals surface area contributed by atoms with Crippen molar-refractivity contribution in [1.29, 1.82) is 5.26 Å². The minimum Gasteiger partial charge on any atom is -0.301 e. The van der Waals surface area contributed by atoms with Crippen molar-refractivity contribution in [2.45, 2.75) is 25.3 Å². The van der Waals surface area contributed by atoms with Gasteiger partial charge in [0.2, 0.25) is 0 Å². The lowest BCUT2D eigenvalue weighted by atomic mass is 9.63. The van der Waals surface area contributed by atoms with Gasteiger partial charge in [0.1, 0.15) is 0 Å². The first-order valence-electron chi connectivity index (χ1n) is 5.67. The normalized spacial score (nSPS) is 19.9. The highest BCUT2D eigenvalue weighted by Gasteiger charge is 2.46. The summed E-state index contributed by atoms with van der Waals surface area (Å²) in [4.78, 5) is 6.30. The molecular formula is C13H17N3. The van der Waals surface area contributed by atoms with E-state index in [9.17, 15) is 5.26 Å². The fourth-order valence-corrected chi connectivity index (χ4v) is 2.65. The van der Waals surface area contributed by atoms with Gasteiger partial charge < -0.3 is 4.90 Å². The molecule has 84 valence electrons. The molecule has 1 aromatic rings. The molecule has 0 N–H and O–H groups in total. The Labute approximate surface area is 96.7 Å². The number of hydrogen-bond donors (Lipinski definition) is 0. The molecule has 1 heterocycles. The lowest BCUT2D eigenvalue weighted by Crippen LogP contribution is -2.41. The van der Waals surface area contributed by atoms with Gasteiger partial charge in [-0.25, -0.2) is 0 Å². The molecule has 1 aliphatic rings. The summed E-state index contributed by atoms with van der Waals surface area (Å²) in [5.41, 5.74) is 0.945. The molecule has 1 aromatic heterocycles. The van der Waals surface area contributed by atoms with Crippen molar-refractivity contribution in [2.24, 2.45) is 5.41 Å². The van der Waals surface area contributed by atoms with Crippen molar-refractivity contribution >= 4 is 0 Å². The van der Waals surface area contributed by atoms with Gasteiger partial charge in [0.15, 0.2) is 0 Å². The monoisotopic (exact) mass is 215 g/mol. The molecule has 0 spiro atoms. The number of nitriles is 1. The van der Waals surface area contributed by atoms with Crippen LogP contribution < -0.4 is 0 Å². The van der Waals surface area contributed by atoms with Crippen LogP contribution in [0.4, 0.5) is 0 Å². The molecule has 1 fully saturated rings. The van der Waals surface area contributed by atoms with Crippen molar-refractivity contribution in [3.63, 3.8) is 0 Å². The smallest absolute Gasteiger partial charge is 0.0770 e. The molecule has 1 atom stereocenters. The van der Waals surface area contributed by atoms with E-state index in [0.29, 0.717) is 0 Å². The fraction of sp³-hybridized carbons (Fsp3) is 0.538. The zero-order valence-electron chi connectivity index (χ0n) is 9.85. The molecule has 0 amide bonds. The van der Waals surface area contributed by atoms with Crippen LogP contribution in [0.15, 0.2) is 24.5 Å². The summed E-state index contributed by atoms with van der Waals surface area (Å²) >= 11 is 0. The Hall–Kier alpha value is -1.40. The Morgan fingerprint density at radius 2 is 2.25 bits per heavy atom. The molecule has 3 heteroatoms. The second-order valence-corrected chi connectivity index (χ2v) is 4.77. The van der Waals surface area contributed by atoms with E-state index in [-0.39, 0.29) is 11.5 Å². The predicted molar refractivity (Wildman–Crippen MR) is 62.6 cm³/mol. The lowest BCUT2D eigenvalue weighted by molar-refractivity contribution is 0.0746. The molecule has 0 saturated heterocycles. The van der Waals surface area contributed by atoms with Crippen molar-refractivity contribution < 1.29 is 0 Å². The van der Waals surface area contributed by atoms with Gasteiger partial charge >= 0.3 is 0 Å². The minimum atomic E-state index is -0.202. The summed E-state index contributed by atoms with van der Waals surface area (Å²) < 4.78 is 0. The number of pyridine rings is 1. The van der Waals surface area contributed by atoms with E-state index in [1.807, 2.05) is 26.4 Å². The Bertz CT molecular complexity index is 387. The third-order valence-electron chi connectivity index (χ3n) is 3.51. The number of nitrogens with zero attached hydrogens (tertiary/aromatic N) is 3. The van der Waals surface area contributed by atoms with Crippen molar-refractivity contribution in [1.82, 2.24) is 9.88 Å². The molecule has 2 rings (SSSR count). The maximum Gasteiger partial charge on any atom is 0.0770 e. The van der Waals surface area contributed by atoms with Gasteiger partial charge in [-0.05, 0) is 38.6 Å². The first-order chi connectivity index (χ1) is 7.69. The van der Waals surface area contributed by atoms with Crippen LogP contribution in [0.5, 0.6) is 0 Å². The first kappa shape index (κ1) is 11.1. The largest absolute Gasteiger partial charge is 0.301 e. The van der Waals surface area contributed by atoms with E-state index in [4.69, 9.17) is 0 Å². The number of rotatable bonds is 3. The van der Waals surface area contributed by atoms with Gasteiger partial charge in [-0.3, -0.25) is 4.98 Å². The quantitative estimate of drug-likeness (QED) is 0.777. The molecule has 0 radical (unpaired) electrons. The van der Waals surface area contributed by atoms with Crippen molar-refractivity contribution in [3.05, 3.63) is 30.1 Å². The zero-order valence-corrected chi connectivity index (χ0v) is 9.85. The molecule has 16 heavy (non-hydrogen) atoms. The Balaban J connectivity index is 2.36. The van der Waals surface area contributed by atoms with E-state index >= 15 is 0 Å². The highest BCUT2D eigenvalue weighted by atomic mass is 15.1. The topological polar surface area (TPSA) is 39.9 Å². The Kier molecular flexibility index (Phi) is 2.93. The summed E-state index contributed by atoms with van der Waals surface area (Å²) in [6, 6.07) is 6.70. The van der Waals surface area contributed by atoms with Gasteiger partial charge in [0.05, 0.1) is 17.5 Å². The predicted octanol–water partition coefficient (Wildman–Crippen LogP) is 2.38. The summed E-state index contributed by atoms with van der Waals surface area (Å²) in [5.74, 6) is 0. The standard InChI is InChI=1S/C13H17N3/c1-16(2)12(11-5-3-8-15-9-11)13(10-14)6-4-7-13/h3,5,8-9,12H,4,6-7H2,1-2H3. The third-order valence-corrected chi connectivity index (χ3v) is 3.51. The average molecular weight is 215 g/mol. The molecule has 1 aliphatic carbocycles. The molecule has 0 aliphatic heterocycles. The highest BCUT2D eigenvalue weighted by Crippen LogP contribution is 2.51. The van der Waals surface area contributed by atoms with E-state index in [1.165, 1.54) is 0 Å². The summed E-state index contributed by atoms with van der Waals surface area (Å²) in [6.45, 7) is 0. The van der Waals surface area contributed by atoms with Gasteiger partial charge in [-0.1, -0.05) is 12.5 Å². The summed E-state index contributed by atoms with van der Waals surface area (Å²) in [7, 11) is 4.07. The molecular weight excluding hydrogens is 198 g/mol. The third kappa shape index (κ3) is 1.70. The van der Waals surface area contributed by atoms with Gasteiger partial charge in [-0.15, -0.1) is 0 Å². The van der Waals surface area contributed by atoms with Crippen LogP contribution in [0.1, 0.15) is 30.9 Å². The Morgan fingerprint density at radius 1 is 1.50 bits per heavy atom. The summed E-state index contributed by atoms with van der Waals surface area (Å²) in [5, 5.41) is 9.42. The number of hydrogen-bond acceptors (Lipinski definition) is 3. The van der Waals surface area contributed by atoms with Crippen LogP contribution in [-0.2, 0) is 0 Å². The minimum absolute atomic E-state index is 0.167. The van der Waals surface area contributed by atoms with E-state index < -0.39 is 0 Å².